The second kappa shape index (κ2) is 9.87. The van der Waals surface area contributed by atoms with E-state index < -0.39 is 10.1 Å². The van der Waals surface area contributed by atoms with E-state index in [-0.39, 0.29) is 24.4 Å². The van der Waals surface area contributed by atoms with Crippen LogP contribution < -0.4 is 11.1 Å². The van der Waals surface area contributed by atoms with Crippen LogP contribution in [0.1, 0.15) is 11.1 Å². The molecule has 2 aromatic rings. The quantitative estimate of drug-likeness (QED) is 0.493. The van der Waals surface area contributed by atoms with Crippen LogP contribution in [0.15, 0.2) is 24.4 Å². The van der Waals surface area contributed by atoms with Crippen molar-refractivity contribution in [3.8, 4) is 0 Å². The minimum atomic E-state index is -3.80. The summed E-state index contributed by atoms with van der Waals surface area (Å²) in [6.45, 7) is 1.46. The van der Waals surface area contributed by atoms with Gasteiger partial charge >= 0.3 is 6.09 Å². The number of carbonyl (C=O) groups is 1. The molecule has 1 fully saturated rings. The summed E-state index contributed by atoms with van der Waals surface area (Å²) < 4.78 is 32.3. The Bertz CT molecular complexity index is 895. The van der Waals surface area contributed by atoms with Crippen LogP contribution in [0.25, 0.3) is 10.9 Å². The van der Waals surface area contributed by atoms with Crippen LogP contribution in [0.3, 0.4) is 0 Å². The zero-order chi connectivity index (χ0) is 20.7. The van der Waals surface area contributed by atoms with Gasteiger partial charge in [0.1, 0.15) is 6.61 Å². The highest BCUT2D eigenvalue weighted by Crippen LogP contribution is 2.21. The van der Waals surface area contributed by atoms with Gasteiger partial charge < -0.3 is 25.7 Å². The molecule has 0 saturated carbocycles. The van der Waals surface area contributed by atoms with E-state index in [9.17, 15) is 13.2 Å². The molecule has 0 radical (unpaired) electrons. The van der Waals surface area contributed by atoms with Crippen molar-refractivity contribution in [3.05, 3.63) is 35.5 Å². The zero-order valence-corrected chi connectivity index (χ0v) is 17.0. The van der Waals surface area contributed by atoms with Gasteiger partial charge in [-0.2, -0.15) is 8.42 Å². The summed E-state index contributed by atoms with van der Waals surface area (Å²) in [4.78, 5) is 16.6. The van der Waals surface area contributed by atoms with Gasteiger partial charge in [-0.1, -0.05) is 6.07 Å². The maximum absolute atomic E-state index is 11.1. The average molecular weight is 413 g/mol. The van der Waals surface area contributed by atoms with Crippen molar-refractivity contribution in [2.45, 2.75) is 18.9 Å². The maximum Gasteiger partial charge on any atom is 0.407 e. The van der Waals surface area contributed by atoms with Crippen LogP contribution in [0, 0.1) is 0 Å². The zero-order valence-electron chi connectivity index (χ0n) is 16.1. The van der Waals surface area contributed by atoms with Gasteiger partial charge in [-0.25, -0.2) is 4.79 Å². The highest BCUT2D eigenvalue weighted by atomic mass is 32.2. The van der Waals surface area contributed by atoms with E-state index in [1.807, 2.05) is 0 Å². The summed E-state index contributed by atoms with van der Waals surface area (Å²) in [7, 11) is 0.374. The van der Waals surface area contributed by atoms with Gasteiger partial charge in [0.25, 0.3) is 10.1 Å². The van der Waals surface area contributed by atoms with Gasteiger partial charge in [-0.3, -0.25) is 4.55 Å². The van der Waals surface area contributed by atoms with Crippen molar-refractivity contribution in [2.24, 2.45) is 5.73 Å². The van der Waals surface area contributed by atoms with Crippen LogP contribution in [0.5, 0.6) is 0 Å². The molecule has 1 aliphatic rings. The fraction of sp³-hybridized carbons (Fsp3) is 0.500. The average Bonchev–Trinajstić information content (AvgIpc) is 3.18. The van der Waals surface area contributed by atoms with Crippen molar-refractivity contribution >= 4 is 27.1 Å². The lowest BCUT2D eigenvalue weighted by Gasteiger charge is -2.09. The molecule has 9 nitrogen and oxygen atoms in total. The van der Waals surface area contributed by atoms with Gasteiger partial charge in [0.2, 0.25) is 0 Å². The number of carbonyl (C=O) groups excluding carboxylic acids is 1. The molecule has 156 valence electrons. The minimum absolute atomic E-state index is 0.0289. The minimum Gasteiger partial charge on any atom is -0.447 e. The molecule has 0 aliphatic carbocycles. The van der Waals surface area contributed by atoms with Crippen LogP contribution in [-0.4, -0.2) is 74.5 Å². The Balaban J connectivity index is 0.000000345. The summed E-state index contributed by atoms with van der Waals surface area (Å²) in [5.41, 5.74) is 8.51. The third-order valence-electron chi connectivity index (χ3n) is 4.26. The fourth-order valence-electron chi connectivity index (χ4n) is 2.87. The first-order valence-electron chi connectivity index (χ1n) is 9.00. The summed E-state index contributed by atoms with van der Waals surface area (Å²) in [5.74, 6) is -0.354. The monoisotopic (exact) mass is 412 g/mol. The number of fused-ring (bicyclic) bond motifs is 1. The SMILES string of the molecule is CN(C)CCc1c[nH]c2ccc(C[C@H]3COC(=O)N3)cc12.NCCS(=O)(=O)O. The largest absolute Gasteiger partial charge is 0.447 e. The molecule has 1 amide bonds. The highest BCUT2D eigenvalue weighted by molar-refractivity contribution is 7.85. The number of ether oxygens (including phenoxy) is 1. The second-order valence-electron chi connectivity index (χ2n) is 6.97. The third kappa shape index (κ3) is 7.12. The Morgan fingerprint density at radius 1 is 1.36 bits per heavy atom. The molecule has 10 heteroatoms. The molecule has 5 N–H and O–H groups in total. The van der Waals surface area contributed by atoms with E-state index >= 15 is 0 Å². The lowest BCUT2D eigenvalue weighted by molar-refractivity contribution is 0.177. The number of nitrogens with two attached hydrogens (primary N) is 1. The summed E-state index contributed by atoms with van der Waals surface area (Å²) in [6.07, 6.45) is 3.62. The van der Waals surface area contributed by atoms with E-state index in [1.54, 1.807) is 0 Å². The predicted octanol–water partition coefficient (Wildman–Crippen LogP) is 0.756. The maximum atomic E-state index is 11.1. The Morgan fingerprint density at radius 3 is 2.64 bits per heavy atom. The summed E-state index contributed by atoms with van der Waals surface area (Å²) in [6, 6.07) is 6.53. The number of likely N-dealkylation sites (N-methyl/N-ethyl adjacent to an activating group) is 1. The van der Waals surface area contributed by atoms with E-state index in [4.69, 9.17) is 15.0 Å². The number of aromatic amines is 1. The molecule has 1 aliphatic heterocycles. The van der Waals surface area contributed by atoms with Crippen LogP contribution in [0.4, 0.5) is 4.79 Å². The first-order valence-corrected chi connectivity index (χ1v) is 10.6. The number of nitrogens with one attached hydrogen (secondary N) is 2. The molecule has 1 atom stereocenters. The Morgan fingerprint density at radius 2 is 2.11 bits per heavy atom. The van der Waals surface area contributed by atoms with Crippen molar-refractivity contribution in [2.75, 3.05) is 39.5 Å². The van der Waals surface area contributed by atoms with Gasteiger partial charge in [0.15, 0.2) is 0 Å². The number of aromatic nitrogens is 1. The lowest BCUT2D eigenvalue weighted by atomic mass is 10.0. The molecule has 28 heavy (non-hydrogen) atoms. The molecular weight excluding hydrogens is 384 g/mol. The fourth-order valence-corrected chi connectivity index (χ4v) is 3.17. The Hall–Kier alpha value is -2.14. The number of alkyl carbamates (subject to hydrolysis) is 1. The van der Waals surface area contributed by atoms with Crippen molar-refractivity contribution in [1.82, 2.24) is 15.2 Å². The first kappa shape index (κ1) is 22.2. The van der Waals surface area contributed by atoms with Crippen molar-refractivity contribution < 1.29 is 22.5 Å². The van der Waals surface area contributed by atoms with Gasteiger partial charge in [0, 0.05) is 30.2 Å². The summed E-state index contributed by atoms with van der Waals surface area (Å²) in [5, 5.41) is 4.10. The Kier molecular flexibility index (Phi) is 7.81. The highest BCUT2D eigenvalue weighted by Gasteiger charge is 2.22. The van der Waals surface area contributed by atoms with E-state index in [0.717, 1.165) is 19.4 Å². The van der Waals surface area contributed by atoms with Gasteiger partial charge in [-0.15, -0.1) is 0 Å². The summed E-state index contributed by atoms with van der Waals surface area (Å²) >= 11 is 0. The number of cyclic esters (lactones) is 1. The van der Waals surface area contributed by atoms with E-state index in [0.29, 0.717) is 6.61 Å². The number of amides is 1. The number of hydrogen-bond acceptors (Lipinski definition) is 6. The van der Waals surface area contributed by atoms with Crippen molar-refractivity contribution in [1.29, 1.82) is 0 Å². The lowest BCUT2D eigenvalue weighted by Crippen LogP contribution is -2.28. The van der Waals surface area contributed by atoms with E-state index in [2.05, 4.69) is 53.7 Å². The molecular formula is C18H28N4O5S. The normalized spacial score (nSPS) is 16.6. The number of hydrogen-bond donors (Lipinski definition) is 4. The third-order valence-corrected chi connectivity index (χ3v) is 5.01. The molecule has 1 aromatic heterocycles. The van der Waals surface area contributed by atoms with Crippen LogP contribution in [0.2, 0.25) is 0 Å². The number of H-pyrrole nitrogens is 1. The molecule has 0 spiro atoms. The Labute approximate surface area is 165 Å². The van der Waals surface area contributed by atoms with E-state index in [1.165, 1.54) is 22.0 Å². The molecule has 1 saturated heterocycles. The van der Waals surface area contributed by atoms with Crippen LogP contribution in [-0.2, 0) is 27.7 Å². The van der Waals surface area contributed by atoms with Crippen molar-refractivity contribution in [3.63, 3.8) is 0 Å². The predicted molar refractivity (Wildman–Crippen MR) is 108 cm³/mol. The standard InChI is InChI=1S/C16H21N3O2.C2H7NO3S/c1-19(2)6-5-12-9-17-15-4-3-11(8-14(12)15)7-13-10-21-16(20)18-13;3-1-2-7(4,5)6/h3-4,8-9,13,17H,5-7,10H2,1-2H3,(H,18,20);1-3H2,(H,4,5,6)/t13-;/m0./s1. The number of rotatable bonds is 7. The first-order chi connectivity index (χ1) is 13.2. The smallest absolute Gasteiger partial charge is 0.407 e. The number of benzene rings is 1. The van der Waals surface area contributed by atoms with Crippen LogP contribution >= 0.6 is 0 Å². The topological polar surface area (TPSA) is 138 Å². The molecule has 1 aromatic carbocycles. The molecule has 3 rings (SSSR count). The second-order valence-corrected chi connectivity index (χ2v) is 8.54. The number of nitrogens with zero attached hydrogens (tertiary/aromatic N) is 1. The molecule has 2 heterocycles. The molecule has 0 unspecified atom stereocenters. The molecule has 0 bridgehead atoms. The van der Waals surface area contributed by atoms with Gasteiger partial charge in [0.05, 0.1) is 11.8 Å². The van der Waals surface area contributed by atoms with Gasteiger partial charge in [-0.05, 0) is 50.2 Å².